The zero-order valence-electron chi connectivity index (χ0n) is 19.6. The number of rotatable bonds is 10. The predicted molar refractivity (Wildman–Crippen MR) is 137 cm³/mol. The first-order valence-electron chi connectivity index (χ1n) is 11.2. The second kappa shape index (κ2) is 11.4. The van der Waals surface area contributed by atoms with Gasteiger partial charge in [0, 0.05) is 12.1 Å². The standard InChI is InChI=1S/C28H22N2O6S/c29-17-21-11-13-24(14-12-21)20-37(33,34)25-15-26(30(31)32)28(36-19-23-9-5-2-6-10-23)27(16-25)35-18-22-7-3-1-4-8-22/h1-16H,18-20H2. The minimum Gasteiger partial charge on any atom is -0.485 e. The maximum Gasteiger partial charge on any atom is 0.316 e. The van der Waals surface area contributed by atoms with Gasteiger partial charge in [-0.3, -0.25) is 10.1 Å². The molecule has 9 heteroatoms. The van der Waals surface area contributed by atoms with E-state index in [1.165, 1.54) is 30.3 Å². The highest BCUT2D eigenvalue weighted by Crippen LogP contribution is 2.41. The quantitative estimate of drug-likeness (QED) is 0.200. The zero-order valence-corrected chi connectivity index (χ0v) is 20.4. The van der Waals surface area contributed by atoms with Crippen LogP contribution in [0.5, 0.6) is 11.5 Å². The van der Waals surface area contributed by atoms with E-state index in [-0.39, 0.29) is 29.6 Å². The van der Waals surface area contributed by atoms with E-state index < -0.39 is 26.2 Å². The van der Waals surface area contributed by atoms with Gasteiger partial charge >= 0.3 is 5.69 Å². The van der Waals surface area contributed by atoms with E-state index in [1.807, 2.05) is 66.7 Å². The van der Waals surface area contributed by atoms with E-state index in [9.17, 15) is 18.5 Å². The van der Waals surface area contributed by atoms with E-state index in [4.69, 9.17) is 14.7 Å². The summed E-state index contributed by atoms with van der Waals surface area (Å²) in [7, 11) is -4.00. The van der Waals surface area contributed by atoms with Gasteiger partial charge in [0.15, 0.2) is 15.6 Å². The first-order chi connectivity index (χ1) is 17.9. The number of nitrogens with zero attached hydrogens (tertiary/aromatic N) is 2. The third kappa shape index (κ3) is 6.51. The van der Waals surface area contributed by atoms with Crippen LogP contribution in [0.15, 0.2) is 102 Å². The zero-order chi connectivity index (χ0) is 26.3. The van der Waals surface area contributed by atoms with Gasteiger partial charge in [0.25, 0.3) is 0 Å². The Balaban J connectivity index is 1.72. The topological polar surface area (TPSA) is 120 Å². The Morgan fingerprint density at radius 3 is 1.89 bits per heavy atom. The molecule has 4 aromatic carbocycles. The summed E-state index contributed by atoms with van der Waals surface area (Å²) in [5.41, 5.74) is 1.90. The lowest BCUT2D eigenvalue weighted by molar-refractivity contribution is -0.386. The van der Waals surface area contributed by atoms with Crippen molar-refractivity contribution in [3.05, 3.63) is 129 Å². The molecule has 4 aromatic rings. The molecule has 0 unspecified atom stereocenters. The molecule has 0 spiro atoms. The van der Waals surface area contributed by atoms with E-state index in [0.717, 1.165) is 17.2 Å². The lowest BCUT2D eigenvalue weighted by Gasteiger charge is -2.15. The molecule has 0 atom stereocenters. The molecule has 4 rings (SSSR count). The number of nitriles is 1. The minimum atomic E-state index is -4.00. The average molecular weight is 515 g/mol. The Labute approximate surface area is 214 Å². The van der Waals surface area contributed by atoms with Crippen LogP contribution in [-0.2, 0) is 28.8 Å². The van der Waals surface area contributed by atoms with Crippen molar-refractivity contribution in [2.24, 2.45) is 0 Å². The number of hydrogen-bond donors (Lipinski definition) is 0. The number of benzene rings is 4. The fourth-order valence-electron chi connectivity index (χ4n) is 3.57. The van der Waals surface area contributed by atoms with Gasteiger partial charge in [-0.15, -0.1) is 0 Å². The predicted octanol–water partition coefficient (Wildman–Crippen LogP) is 5.60. The second-order valence-electron chi connectivity index (χ2n) is 8.14. The summed E-state index contributed by atoms with van der Waals surface area (Å²) in [6.07, 6.45) is 0. The minimum absolute atomic E-state index is 0.0285. The molecule has 0 saturated heterocycles. The van der Waals surface area contributed by atoms with Crippen LogP contribution < -0.4 is 9.47 Å². The molecule has 0 bridgehead atoms. The molecule has 0 aliphatic carbocycles. The van der Waals surface area contributed by atoms with Gasteiger partial charge < -0.3 is 9.47 Å². The summed E-state index contributed by atoms with van der Waals surface area (Å²) in [5.74, 6) is -0.604. The molecule has 0 radical (unpaired) electrons. The molecule has 8 nitrogen and oxygen atoms in total. The molecule has 0 aliphatic rings. The molecule has 0 amide bonds. The second-order valence-corrected chi connectivity index (χ2v) is 10.1. The van der Waals surface area contributed by atoms with Crippen molar-refractivity contribution in [2.45, 2.75) is 23.9 Å². The Hall–Kier alpha value is -4.68. The van der Waals surface area contributed by atoms with Crippen molar-refractivity contribution >= 4 is 15.5 Å². The van der Waals surface area contributed by atoms with Crippen LogP contribution in [0, 0.1) is 21.4 Å². The first-order valence-corrected chi connectivity index (χ1v) is 12.9. The van der Waals surface area contributed by atoms with Gasteiger partial charge in [0.1, 0.15) is 13.2 Å². The van der Waals surface area contributed by atoms with Crippen LogP contribution in [0.25, 0.3) is 0 Å². The Bertz CT molecular complexity index is 1530. The lowest BCUT2D eigenvalue weighted by atomic mass is 10.2. The summed E-state index contributed by atoms with van der Waals surface area (Å²) in [6.45, 7) is 0.0829. The molecule has 0 aromatic heterocycles. The van der Waals surface area contributed by atoms with E-state index in [2.05, 4.69) is 0 Å². The van der Waals surface area contributed by atoms with Crippen molar-refractivity contribution in [1.29, 1.82) is 5.26 Å². The highest BCUT2D eigenvalue weighted by Gasteiger charge is 2.28. The molecule has 0 saturated carbocycles. The van der Waals surface area contributed by atoms with Crippen LogP contribution >= 0.6 is 0 Å². The highest BCUT2D eigenvalue weighted by atomic mass is 32.2. The molecule has 186 valence electrons. The van der Waals surface area contributed by atoms with Gasteiger partial charge in [-0.1, -0.05) is 72.8 Å². The average Bonchev–Trinajstić information content (AvgIpc) is 2.92. The largest absolute Gasteiger partial charge is 0.485 e. The first kappa shape index (κ1) is 25.4. The number of nitro groups is 1. The summed E-state index contributed by atoms with van der Waals surface area (Å²) in [4.78, 5) is 11.1. The molecular formula is C28H22N2O6S. The molecule has 0 aliphatic heterocycles. The van der Waals surface area contributed by atoms with Gasteiger partial charge in [-0.05, 0) is 28.8 Å². The van der Waals surface area contributed by atoms with Gasteiger partial charge in [0.05, 0.1) is 27.2 Å². The Morgan fingerprint density at radius 2 is 1.35 bits per heavy atom. The number of hydrogen-bond acceptors (Lipinski definition) is 7. The fraction of sp³-hybridized carbons (Fsp3) is 0.107. The normalized spacial score (nSPS) is 10.9. The van der Waals surface area contributed by atoms with Crippen LogP contribution in [-0.4, -0.2) is 13.3 Å². The smallest absolute Gasteiger partial charge is 0.316 e. The Kier molecular flexibility index (Phi) is 7.81. The Morgan fingerprint density at radius 1 is 0.784 bits per heavy atom. The van der Waals surface area contributed by atoms with Gasteiger partial charge in [-0.2, -0.15) is 5.26 Å². The van der Waals surface area contributed by atoms with Crippen LogP contribution in [0.1, 0.15) is 22.3 Å². The van der Waals surface area contributed by atoms with Crippen molar-refractivity contribution in [2.75, 3.05) is 0 Å². The monoisotopic (exact) mass is 514 g/mol. The van der Waals surface area contributed by atoms with Crippen molar-refractivity contribution in [1.82, 2.24) is 0 Å². The fourth-order valence-corrected chi connectivity index (χ4v) is 4.95. The summed E-state index contributed by atoms with van der Waals surface area (Å²) in [6, 6.07) is 28.6. The molecule has 0 heterocycles. The molecular weight excluding hydrogens is 492 g/mol. The van der Waals surface area contributed by atoms with Crippen LogP contribution in [0.3, 0.4) is 0 Å². The van der Waals surface area contributed by atoms with Crippen molar-refractivity contribution in [3.63, 3.8) is 0 Å². The molecule has 0 N–H and O–H groups in total. The lowest BCUT2D eigenvalue weighted by Crippen LogP contribution is -2.09. The maximum absolute atomic E-state index is 13.3. The van der Waals surface area contributed by atoms with Crippen molar-refractivity contribution in [3.8, 4) is 17.6 Å². The van der Waals surface area contributed by atoms with Gasteiger partial charge in [-0.25, -0.2) is 8.42 Å². The summed E-state index contributed by atoms with van der Waals surface area (Å²) >= 11 is 0. The third-order valence-electron chi connectivity index (χ3n) is 5.47. The number of nitro benzene ring substituents is 1. The van der Waals surface area contributed by atoms with E-state index in [0.29, 0.717) is 11.1 Å². The van der Waals surface area contributed by atoms with E-state index in [1.54, 1.807) is 0 Å². The summed E-state index contributed by atoms with van der Waals surface area (Å²) in [5, 5.41) is 21.0. The summed E-state index contributed by atoms with van der Waals surface area (Å²) < 4.78 is 38.2. The molecule has 37 heavy (non-hydrogen) atoms. The van der Waals surface area contributed by atoms with E-state index >= 15 is 0 Å². The highest BCUT2D eigenvalue weighted by molar-refractivity contribution is 7.90. The van der Waals surface area contributed by atoms with Crippen LogP contribution in [0.2, 0.25) is 0 Å². The van der Waals surface area contributed by atoms with Gasteiger partial charge in [0.2, 0.25) is 5.75 Å². The number of ether oxygens (including phenoxy) is 2. The number of sulfone groups is 1. The molecule has 0 fully saturated rings. The van der Waals surface area contributed by atoms with Crippen LogP contribution in [0.4, 0.5) is 5.69 Å². The third-order valence-corrected chi connectivity index (χ3v) is 7.13. The SMILES string of the molecule is N#Cc1ccc(CS(=O)(=O)c2cc(OCc3ccccc3)c(OCc3ccccc3)c([N+](=O)[O-])c2)cc1. The van der Waals surface area contributed by atoms with Crippen molar-refractivity contribution < 1.29 is 22.8 Å². The maximum atomic E-state index is 13.3.